The van der Waals surface area contributed by atoms with E-state index >= 15 is 0 Å². The van der Waals surface area contributed by atoms with E-state index in [1.807, 2.05) is 0 Å². The molecule has 2 atom stereocenters. The summed E-state index contributed by atoms with van der Waals surface area (Å²) < 4.78 is 9.94. The van der Waals surface area contributed by atoms with E-state index in [2.05, 4.69) is 26.7 Å². The molecule has 1 saturated carbocycles. The lowest BCUT2D eigenvalue weighted by molar-refractivity contribution is -0.0164. The normalized spacial score (nSPS) is 27.9. The van der Waals surface area contributed by atoms with Gasteiger partial charge in [-0.1, -0.05) is 26.7 Å². The van der Waals surface area contributed by atoms with Crippen molar-refractivity contribution in [2.45, 2.75) is 46.1 Å². The highest BCUT2D eigenvalue weighted by Gasteiger charge is 2.34. The van der Waals surface area contributed by atoms with Crippen LogP contribution in [0.5, 0.6) is 0 Å². The molecule has 0 aromatic rings. The molecule has 2 unspecified atom stereocenters. The van der Waals surface area contributed by atoms with Gasteiger partial charge in [0.2, 0.25) is 0 Å². The minimum Gasteiger partial charge on any atom is -0.431 e. The predicted molar refractivity (Wildman–Crippen MR) is 61.9 cm³/mol. The molecular weight excluding hydrogens is 204 g/mol. The first-order chi connectivity index (χ1) is 7.43. The van der Waals surface area contributed by atoms with Crippen molar-refractivity contribution in [1.29, 1.82) is 0 Å². The zero-order chi connectivity index (χ0) is 12.2. The Labute approximate surface area is 97.5 Å². The first-order valence-electron chi connectivity index (χ1n) is 5.70. The molecule has 0 aromatic heterocycles. The molecule has 0 amide bonds. The van der Waals surface area contributed by atoms with Gasteiger partial charge in [0.25, 0.3) is 0 Å². The van der Waals surface area contributed by atoms with E-state index in [0.717, 1.165) is 12.8 Å². The molecule has 1 rings (SSSR count). The van der Waals surface area contributed by atoms with Crippen molar-refractivity contribution >= 4 is 6.16 Å². The van der Waals surface area contributed by atoms with Gasteiger partial charge in [0.15, 0.2) is 6.61 Å². The third-order valence-corrected chi connectivity index (χ3v) is 2.88. The zero-order valence-corrected chi connectivity index (χ0v) is 10.3. The van der Waals surface area contributed by atoms with Crippen molar-refractivity contribution in [1.82, 2.24) is 0 Å². The number of ether oxygens (including phenoxy) is 2. The SMILES string of the molecule is C#CCOC(=O)OC1CC(C)CC(C)(C)C1. The summed E-state index contributed by atoms with van der Waals surface area (Å²) in [4.78, 5) is 11.2. The first-order valence-corrected chi connectivity index (χ1v) is 5.70. The van der Waals surface area contributed by atoms with Crippen molar-refractivity contribution in [3.63, 3.8) is 0 Å². The molecule has 0 bridgehead atoms. The molecule has 0 aromatic carbocycles. The fraction of sp³-hybridized carbons (Fsp3) is 0.769. The summed E-state index contributed by atoms with van der Waals surface area (Å²) >= 11 is 0. The maximum atomic E-state index is 11.2. The summed E-state index contributed by atoms with van der Waals surface area (Å²) in [5.74, 6) is 2.82. The number of hydrogen-bond acceptors (Lipinski definition) is 3. The molecule has 0 radical (unpaired) electrons. The Morgan fingerprint density at radius 1 is 1.50 bits per heavy atom. The van der Waals surface area contributed by atoms with Crippen LogP contribution < -0.4 is 0 Å². The molecule has 1 aliphatic carbocycles. The molecule has 1 fully saturated rings. The van der Waals surface area contributed by atoms with Crippen molar-refractivity contribution in [3.8, 4) is 12.3 Å². The van der Waals surface area contributed by atoms with Crippen molar-refractivity contribution < 1.29 is 14.3 Å². The maximum absolute atomic E-state index is 11.2. The van der Waals surface area contributed by atoms with Crippen LogP contribution in [0.3, 0.4) is 0 Å². The van der Waals surface area contributed by atoms with Gasteiger partial charge in [-0.05, 0) is 30.6 Å². The zero-order valence-electron chi connectivity index (χ0n) is 10.3. The molecule has 0 saturated heterocycles. The van der Waals surface area contributed by atoms with Crippen LogP contribution in [0.2, 0.25) is 0 Å². The Morgan fingerprint density at radius 3 is 2.75 bits per heavy atom. The van der Waals surface area contributed by atoms with Crippen molar-refractivity contribution in [3.05, 3.63) is 0 Å². The van der Waals surface area contributed by atoms with Gasteiger partial charge in [-0.15, -0.1) is 6.42 Å². The van der Waals surface area contributed by atoms with Crippen LogP contribution in [-0.2, 0) is 9.47 Å². The van der Waals surface area contributed by atoms with Crippen molar-refractivity contribution in [2.75, 3.05) is 6.61 Å². The topological polar surface area (TPSA) is 35.5 Å². The Bertz CT molecular complexity index is 288. The van der Waals surface area contributed by atoms with E-state index in [9.17, 15) is 4.79 Å². The van der Waals surface area contributed by atoms with E-state index < -0.39 is 6.16 Å². The molecule has 16 heavy (non-hydrogen) atoms. The van der Waals surface area contributed by atoms with Gasteiger partial charge in [0.1, 0.15) is 6.10 Å². The monoisotopic (exact) mass is 224 g/mol. The summed E-state index contributed by atoms with van der Waals surface area (Å²) in [5, 5.41) is 0. The van der Waals surface area contributed by atoms with E-state index in [1.54, 1.807) is 0 Å². The molecular formula is C13H20O3. The fourth-order valence-corrected chi connectivity index (χ4v) is 2.62. The fourth-order valence-electron chi connectivity index (χ4n) is 2.62. The Morgan fingerprint density at radius 2 is 2.19 bits per heavy atom. The number of terminal acetylenes is 1. The second-order valence-electron chi connectivity index (χ2n) is 5.40. The Hall–Kier alpha value is -1.17. The lowest BCUT2D eigenvalue weighted by Crippen LogP contribution is -2.34. The van der Waals surface area contributed by atoms with Crippen LogP contribution >= 0.6 is 0 Å². The minimum absolute atomic E-state index is 0.0233. The molecule has 3 heteroatoms. The molecule has 0 heterocycles. The average Bonchev–Trinajstić information content (AvgIpc) is 2.11. The quantitative estimate of drug-likeness (QED) is 0.534. The van der Waals surface area contributed by atoms with Crippen LogP contribution in [0, 0.1) is 23.7 Å². The van der Waals surface area contributed by atoms with Crippen LogP contribution in [0.1, 0.15) is 40.0 Å². The smallest absolute Gasteiger partial charge is 0.431 e. The summed E-state index contributed by atoms with van der Waals surface area (Å²) in [7, 11) is 0. The standard InChI is InChI=1S/C13H20O3/c1-5-6-15-12(14)16-11-7-10(2)8-13(3,4)9-11/h1,10-11H,6-9H2,2-4H3. The molecule has 3 nitrogen and oxygen atoms in total. The van der Waals surface area contributed by atoms with Crippen LogP contribution in [-0.4, -0.2) is 18.9 Å². The van der Waals surface area contributed by atoms with E-state index in [4.69, 9.17) is 15.9 Å². The summed E-state index contributed by atoms with van der Waals surface area (Å²) in [5.41, 5.74) is 0.231. The summed E-state index contributed by atoms with van der Waals surface area (Å²) in [6.45, 7) is 6.56. The third kappa shape index (κ3) is 4.14. The Balaban J connectivity index is 2.42. The van der Waals surface area contributed by atoms with Crippen LogP contribution in [0.25, 0.3) is 0 Å². The van der Waals surface area contributed by atoms with E-state index in [-0.39, 0.29) is 18.1 Å². The number of carbonyl (C=O) groups excluding carboxylic acids is 1. The van der Waals surface area contributed by atoms with Gasteiger partial charge in [-0.25, -0.2) is 4.79 Å². The first kappa shape index (κ1) is 12.9. The molecule has 0 spiro atoms. The van der Waals surface area contributed by atoms with Gasteiger partial charge in [0.05, 0.1) is 0 Å². The van der Waals surface area contributed by atoms with Gasteiger partial charge in [-0.2, -0.15) is 0 Å². The van der Waals surface area contributed by atoms with Crippen LogP contribution in [0.4, 0.5) is 4.79 Å². The number of carbonyl (C=O) groups is 1. The van der Waals surface area contributed by atoms with Gasteiger partial charge >= 0.3 is 6.16 Å². The second kappa shape index (κ2) is 5.25. The molecule has 0 aliphatic heterocycles. The maximum Gasteiger partial charge on any atom is 0.509 e. The lowest BCUT2D eigenvalue weighted by Gasteiger charge is -2.38. The summed E-state index contributed by atoms with van der Waals surface area (Å²) in [6.07, 6.45) is 7.28. The Kier molecular flexibility index (Phi) is 4.23. The largest absolute Gasteiger partial charge is 0.509 e. The van der Waals surface area contributed by atoms with Crippen molar-refractivity contribution in [2.24, 2.45) is 11.3 Å². The lowest BCUT2D eigenvalue weighted by atomic mass is 9.71. The second-order valence-corrected chi connectivity index (χ2v) is 5.40. The highest BCUT2D eigenvalue weighted by Crippen LogP contribution is 2.39. The predicted octanol–water partition coefficient (Wildman–Crippen LogP) is 2.99. The van der Waals surface area contributed by atoms with Gasteiger partial charge < -0.3 is 9.47 Å². The van der Waals surface area contributed by atoms with E-state index in [0.29, 0.717) is 5.92 Å². The molecule has 1 aliphatic rings. The highest BCUT2D eigenvalue weighted by atomic mass is 16.7. The van der Waals surface area contributed by atoms with Gasteiger partial charge in [-0.3, -0.25) is 0 Å². The number of rotatable bonds is 2. The third-order valence-electron chi connectivity index (χ3n) is 2.88. The minimum atomic E-state index is -0.646. The highest BCUT2D eigenvalue weighted by molar-refractivity contribution is 5.60. The number of hydrogen-bond donors (Lipinski definition) is 0. The summed E-state index contributed by atoms with van der Waals surface area (Å²) in [6, 6.07) is 0. The molecule has 0 N–H and O–H groups in total. The van der Waals surface area contributed by atoms with E-state index in [1.165, 1.54) is 6.42 Å². The average molecular weight is 224 g/mol. The van der Waals surface area contributed by atoms with Gasteiger partial charge in [0, 0.05) is 0 Å². The molecule has 90 valence electrons. The van der Waals surface area contributed by atoms with Crippen LogP contribution in [0.15, 0.2) is 0 Å².